The molecule has 0 saturated carbocycles. The van der Waals surface area contributed by atoms with Crippen molar-refractivity contribution in [2.24, 2.45) is 5.41 Å². The molecule has 0 atom stereocenters. The first kappa shape index (κ1) is 15.1. The van der Waals surface area contributed by atoms with Gasteiger partial charge in [0, 0.05) is 18.6 Å². The Morgan fingerprint density at radius 3 is 2.11 bits per heavy atom. The average molecular weight is 271 g/mol. The Hall–Kier alpha value is -0.910. The van der Waals surface area contributed by atoms with Gasteiger partial charge in [-0.25, -0.2) is 13.1 Å². The van der Waals surface area contributed by atoms with E-state index in [0.29, 0.717) is 0 Å². The van der Waals surface area contributed by atoms with E-state index in [-0.39, 0.29) is 18.0 Å². The quantitative estimate of drug-likeness (QED) is 0.855. The third kappa shape index (κ3) is 4.08. The minimum Gasteiger partial charge on any atom is -0.396 e. The zero-order valence-corrected chi connectivity index (χ0v) is 12.1. The van der Waals surface area contributed by atoms with Gasteiger partial charge in [-0.1, -0.05) is 19.9 Å². The summed E-state index contributed by atoms with van der Waals surface area (Å²) in [4.78, 5) is 0.272. The summed E-state index contributed by atoms with van der Waals surface area (Å²) >= 11 is 0. The van der Waals surface area contributed by atoms with E-state index in [1.807, 2.05) is 19.9 Å². The maximum absolute atomic E-state index is 12.1. The van der Waals surface area contributed by atoms with Gasteiger partial charge in [0.2, 0.25) is 10.0 Å². The SMILES string of the molecule is Cc1cc(C)cc(S(=O)(=O)NCC(C)(C)CO)c1. The van der Waals surface area contributed by atoms with Gasteiger partial charge in [0.05, 0.1) is 4.90 Å². The fraction of sp³-hybridized carbons (Fsp3) is 0.538. The fourth-order valence-electron chi connectivity index (χ4n) is 1.52. The lowest BCUT2D eigenvalue weighted by Gasteiger charge is -2.21. The molecule has 1 aromatic rings. The molecule has 1 rings (SSSR count). The van der Waals surface area contributed by atoms with Gasteiger partial charge in [0.25, 0.3) is 0 Å². The lowest BCUT2D eigenvalue weighted by molar-refractivity contribution is 0.163. The third-order valence-electron chi connectivity index (χ3n) is 2.67. The minimum atomic E-state index is -3.51. The zero-order chi connectivity index (χ0) is 14.0. The van der Waals surface area contributed by atoms with Crippen molar-refractivity contribution in [3.05, 3.63) is 29.3 Å². The molecular formula is C13H21NO3S. The molecule has 0 unspecified atom stereocenters. The van der Waals surface area contributed by atoms with Crippen LogP contribution in [0.2, 0.25) is 0 Å². The molecule has 0 fully saturated rings. The first-order valence-corrected chi connectivity index (χ1v) is 7.33. The summed E-state index contributed by atoms with van der Waals surface area (Å²) in [5.41, 5.74) is 1.36. The Morgan fingerprint density at radius 1 is 1.17 bits per heavy atom. The van der Waals surface area contributed by atoms with E-state index < -0.39 is 15.4 Å². The predicted molar refractivity (Wildman–Crippen MR) is 72.0 cm³/mol. The van der Waals surface area contributed by atoms with Crippen LogP contribution in [0.1, 0.15) is 25.0 Å². The fourth-order valence-corrected chi connectivity index (χ4v) is 2.95. The van der Waals surface area contributed by atoms with Crippen molar-refractivity contribution in [1.29, 1.82) is 0 Å². The average Bonchev–Trinajstić information content (AvgIpc) is 2.25. The van der Waals surface area contributed by atoms with Crippen molar-refractivity contribution in [3.8, 4) is 0 Å². The summed E-state index contributed by atoms with van der Waals surface area (Å²) in [6.45, 7) is 7.47. The largest absolute Gasteiger partial charge is 0.396 e. The van der Waals surface area contributed by atoms with Crippen molar-refractivity contribution >= 4 is 10.0 Å². The number of hydrogen-bond acceptors (Lipinski definition) is 3. The summed E-state index contributed by atoms with van der Waals surface area (Å²) in [6, 6.07) is 5.21. The first-order valence-electron chi connectivity index (χ1n) is 5.85. The molecule has 102 valence electrons. The molecule has 0 bridgehead atoms. The van der Waals surface area contributed by atoms with Gasteiger partial charge in [-0.2, -0.15) is 0 Å². The molecule has 4 nitrogen and oxygen atoms in total. The highest BCUT2D eigenvalue weighted by Gasteiger charge is 2.21. The van der Waals surface area contributed by atoms with Gasteiger partial charge in [-0.3, -0.25) is 0 Å². The topological polar surface area (TPSA) is 66.4 Å². The second-order valence-electron chi connectivity index (χ2n) is 5.47. The predicted octanol–water partition coefficient (Wildman–Crippen LogP) is 1.60. The van der Waals surface area contributed by atoms with E-state index in [9.17, 15) is 8.42 Å². The number of sulfonamides is 1. The Labute approximate surface area is 109 Å². The third-order valence-corrected chi connectivity index (χ3v) is 4.05. The summed E-state index contributed by atoms with van der Waals surface area (Å²) < 4.78 is 26.7. The molecular weight excluding hydrogens is 250 g/mol. The number of aryl methyl sites for hydroxylation is 2. The molecule has 0 aliphatic rings. The number of nitrogens with one attached hydrogen (secondary N) is 1. The van der Waals surface area contributed by atoms with E-state index in [4.69, 9.17) is 5.11 Å². The smallest absolute Gasteiger partial charge is 0.240 e. The highest BCUT2D eigenvalue weighted by Crippen LogP contribution is 2.17. The van der Waals surface area contributed by atoms with Gasteiger partial charge in [-0.15, -0.1) is 0 Å². The van der Waals surface area contributed by atoms with Crippen LogP contribution in [0.5, 0.6) is 0 Å². The van der Waals surface area contributed by atoms with Gasteiger partial charge < -0.3 is 5.11 Å². The van der Waals surface area contributed by atoms with Gasteiger partial charge >= 0.3 is 0 Å². The lowest BCUT2D eigenvalue weighted by atomic mass is 9.96. The van der Waals surface area contributed by atoms with Crippen molar-refractivity contribution < 1.29 is 13.5 Å². The highest BCUT2D eigenvalue weighted by molar-refractivity contribution is 7.89. The van der Waals surface area contributed by atoms with Crippen molar-refractivity contribution in [2.75, 3.05) is 13.2 Å². The minimum absolute atomic E-state index is 0.0671. The van der Waals surface area contributed by atoms with Gasteiger partial charge in [0.15, 0.2) is 0 Å². The highest BCUT2D eigenvalue weighted by atomic mass is 32.2. The maximum Gasteiger partial charge on any atom is 0.240 e. The summed E-state index contributed by atoms with van der Waals surface area (Å²) in [5.74, 6) is 0. The molecule has 5 heteroatoms. The van der Waals surface area contributed by atoms with Crippen LogP contribution in [0.3, 0.4) is 0 Å². The lowest BCUT2D eigenvalue weighted by Crippen LogP contribution is -2.36. The van der Waals surface area contributed by atoms with Crippen LogP contribution in [0.4, 0.5) is 0 Å². The van der Waals surface area contributed by atoms with Crippen molar-refractivity contribution in [2.45, 2.75) is 32.6 Å². The van der Waals surface area contributed by atoms with Crippen molar-refractivity contribution in [1.82, 2.24) is 4.72 Å². The monoisotopic (exact) mass is 271 g/mol. The standard InChI is InChI=1S/C13H21NO3S/c1-10-5-11(2)7-12(6-10)18(16,17)14-8-13(3,4)9-15/h5-7,14-15H,8-9H2,1-4H3. The van der Waals surface area contributed by atoms with Crippen LogP contribution in [-0.2, 0) is 10.0 Å². The molecule has 0 spiro atoms. The molecule has 18 heavy (non-hydrogen) atoms. The Kier molecular flexibility index (Phi) is 4.53. The number of benzene rings is 1. The molecule has 1 aromatic carbocycles. The number of aliphatic hydroxyl groups excluding tert-OH is 1. The van der Waals surface area contributed by atoms with Gasteiger partial charge in [0.1, 0.15) is 0 Å². The van der Waals surface area contributed by atoms with Crippen LogP contribution in [0, 0.1) is 19.3 Å². The van der Waals surface area contributed by atoms with Crippen LogP contribution in [-0.4, -0.2) is 26.7 Å². The van der Waals surface area contributed by atoms with E-state index in [0.717, 1.165) is 11.1 Å². The molecule has 0 heterocycles. The van der Waals surface area contributed by atoms with Crippen molar-refractivity contribution in [3.63, 3.8) is 0 Å². The second-order valence-corrected chi connectivity index (χ2v) is 7.24. The van der Waals surface area contributed by atoms with E-state index in [2.05, 4.69) is 4.72 Å². The first-order chi connectivity index (χ1) is 8.16. The summed E-state index contributed by atoms with van der Waals surface area (Å²) in [5, 5.41) is 9.11. The molecule has 0 saturated heterocycles. The summed E-state index contributed by atoms with van der Waals surface area (Å²) in [6.07, 6.45) is 0. The number of rotatable bonds is 5. The van der Waals surface area contributed by atoms with Gasteiger partial charge in [-0.05, 0) is 37.1 Å². The van der Waals surface area contributed by atoms with E-state index >= 15 is 0 Å². The van der Waals surface area contributed by atoms with Crippen LogP contribution >= 0.6 is 0 Å². The zero-order valence-electron chi connectivity index (χ0n) is 11.3. The normalized spacial score (nSPS) is 12.7. The Balaban J connectivity index is 2.93. The number of hydrogen-bond donors (Lipinski definition) is 2. The summed E-state index contributed by atoms with van der Waals surface area (Å²) in [7, 11) is -3.51. The molecule has 0 amide bonds. The molecule has 0 aromatic heterocycles. The van der Waals surface area contributed by atoms with E-state index in [1.54, 1.807) is 26.0 Å². The molecule has 2 N–H and O–H groups in total. The Bertz CT molecular complexity index is 501. The van der Waals surface area contributed by atoms with Crippen LogP contribution in [0.15, 0.2) is 23.1 Å². The molecule has 0 aliphatic heterocycles. The van der Waals surface area contributed by atoms with E-state index in [1.165, 1.54) is 0 Å². The van der Waals surface area contributed by atoms with Crippen LogP contribution < -0.4 is 4.72 Å². The second kappa shape index (κ2) is 5.38. The van der Waals surface area contributed by atoms with Crippen LogP contribution in [0.25, 0.3) is 0 Å². The molecule has 0 aliphatic carbocycles. The molecule has 0 radical (unpaired) electrons. The maximum atomic E-state index is 12.1. The number of aliphatic hydroxyl groups is 1. The Morgan fingerprint density at radius 2 is 1.67 bits per heavy atom.